The third kappa shape index (κ3) is 3.63. The van der Waals surface area contributed by atoms with Crippen molar-refractivity contribution in [2.24, 2.45) is 0 Å². The minimum absolute atomic E-state index is 0.0181. The number of piperidine rings is 1. The summed E-state index contributed by atoms with van der Waals surface area (Å²) in [6, 6.07) is 7.14. The number of hydrogen-bond donors (Lipinski definition) is 2. The first-order valence-electron chi connectivity index (χ1n) is 6.10. The Balaban J connectivity index is 1.82. The van der Waals surface area contributed by atoms with Crippen molar-refractivity contribution in [2.45, 2.75) is 18.9 Å². The summed E-state index contributed by atoms with van der Waals surface area (Å²) in [5.41, 5.74) is 0.703. The molecule has 1 aromatic rings. The molecule has 0 unspecified atom stereocenters. The van der Waals surface area contributed by atoms with Crippen molar-refractivity contribution in [3.05, 3.63) is 24.3 Å². The zero-order valence-corrected chi connectivity index (χ0v) is 10.4. The summed E-state index contributed by atoms with van der Waals surface area (Å²) < 4.78 is 10.4. The van der Waals surface area contributed by atoms with E-state index in [0.29, 0.717) is 5.69 Å². The maximum atomic E-state index is 11.7. The van der Waals surface area contributed by atoms with Crippen LogP contribution in [0.5, 0.6) is 5.75 Å². The zero-order chi connectivity index (χ0) is 12.8. The summed E-state index contributed by atoms with van der Waals surface area (Å²) >= 11 is 0. The van der Waals surface area contributed by atoms with Crippen molar-refractivity contribution in [1.29, 1.82) is 0 Å². The number of carbonyl (C=O) groups is 1. The summed E-state index contributed by atoms with van der Waals surface area (Å²) in [7, 11) is 1.60. The number of hydrogen-bond acceptors (Lipinski definition) is 4. The average molecular weight is 250 g/mol. The van der Waals surface area contributed by atoms with Gasteiger partial charge in [0.2, 0.25) is 0 Å². The lowest BCUT2D eigenvalue weighted by atomic mass is 10.1. The van der Waals surface area contributed by atoms with E-state index in [9.17, 15) is 4.79 Å². The molecule has 2 N–H and O–H groups in total. The van der Waals surface area contributed by atoms with Gasteiger partial charge in [0.15, 0.2) is 0 Å². The quantitative estimate of drug-likeness (QED) is 0.861. The summed E-state index contributed by atoms with van der Waals surface area (Å²) in [5.74, 6) is 0.757. The van der Waals surface area contributed by atoms with Gasteiger partial charge in [-0.05, 0) is 50.2 Å². The van der Waals surface area contributed by atoms with E-state index >= 15 is 0 Å². The number of amides is 1. The van der Waals surface area contributed by atoms with Crippen molar-refractivity contribution in [2.75, 3.05) is 25.5 Å². The van der Waals surface area contributed by atoms with E-state index in [2.05, 4.69) is 10.6 Å². The van der Waals surface area contributed by atoms with Crippen molar-refractivity contribution >= 4 is 11.8 Å². The molecule has 0 spiro atoms. The van der Waals surface area contributed by atoms with E-state index in [1.54, 1.807) is 31.4 Å². The van der Waals surface area contributed by atoms with Gasteiger partial charge in [-0.2, -0.15) is 0 Å². The predicted molar refractivity (Wildman–Crippen MR) is 69.0 cm³/mol. The molecule has 0 radical (unpaired) electrons. The molecule has 1 amide bonds. The van der Waals surface area contributed by atoms with Gasteiger partial charge in [-0.25, -0.2) is 4.79 Å². The molecule has 0 atom stereocenters. The highest BCUT2D eigenvalue weighted by Crippen LogP contribution is 2.16. The number of nitrogens with one attached hydrogen (secondary N) is 2. The van der Waals surface area contributed by atoms with E-state index in [1.807, 2.05) is 0 Å². The Morgan fingerprint density at radius 3 is 2.56 bits per heavy atom. The highest BCUT2D eigenvalue weighted by Gasteiger charge is 2.17. The number of benzene rings is 1. The van der Waals surface area contributed by atoms with Crippen molar-refractivity contribution in [1.82, 2.24) is 5.32 Å². The van der Waals surface area contributed by atoms with Gasteiger partial charge >= 0.3 is 6.09 Å². The smallest absolute Gasteiger partial charge is 0.411 e. The van der Waals surface area contributed by atoms with E-state index in [-0.39, 0.29) is 6.10 Å². The van der Waals surface area contributed by atoms with Crippen LogP contribution in [0.25, 0.3) is 0 Å². The summed E-state index contributed by atoms with van der Waals surface area (Å²) in [5, 5.41) is 5.93. The van der Waals surface area contributed by atoms with E-state index in [0.717, 1.165) is 31.7 Å². The molecule has 1 aliphatic heterocycles. The van der Waals surface area contributed by atoms with E-state index in [4.69, 9.17) is 9.47 Å². The summed E-state index contributed by atoms with van der Waals surface area (Å²) in [4.78, 5) is 11.7. The molecular weight excluding hydrogens is 232 g/mol. The Bertz CT molecular complexity index is 386. The first kappa shape index (κ1) is 12.7. The maximum absolute atomic E-state index is 11.7. The Labute approximate surface area is 106 Å². The largest absolute Gasteiger partial charge is 0.497 e. The molecule has 1 fully saturated rings. The maximum Gasteiger partial charge on any atom is 0.411 e. The number of methoxy groups -OCH3 is 1. The number of ether oxygens (including phenoxy) is 2. The molecule has 0 aromatic heterocycles. The molecule has 98 valence electrons. The molecule has 2 rings (SSSR count). The van der Waals surface area contributed by atoms with Gasteiger partial charge in [-0.3, -0.25) is 5.32 Å². The van der Waals surface area contributed by atoms with Gasteiger partial charge in [0.05, 0.1) is 7.11 Å². The monoisotopic (exact) mass is 250 g/mol. The second kappa shape index (κ2) is 6.26. The summed E-state index contributed by atoms with van der Waals surface area (Å²) in [6.45, 7) is 1.81. The van der Waals surface area contributed by atoms with Crippen LogP contribution in [0.15, 0.2) is 24.3 Å². The highest BCUT2D eigenvalue weighted by atomic mass is 16.6. The van der Waals surface area contributed by atoms with Crippen molar-refractivity contribution in [3.63, 3.8) is 0 Å². The Morgan fingerprint density at radius 2 is 1.94 bits per heavy atom. The Kier molecular flexibility index (Phi) is 4.41. The summed E-state index contributed by atoms with van der Waals surface area (Å²) in [6.07, 6.45) is 1.36. The molecule has 5 nitrogen and oxygen atoms in total. The van der Waals surface area contributed by atoms with Crippen LogP contribution in [0.4, 0.5) is 10.5 Å². The molecule has 0 saturated carbocycles. The normalized spacial score (nSPS) is 16.1. The second-order valence-corrected chi connectivity index (χ2v) is 4.21. The standard InChI is InChI=1S/C13H18N2O3/c1-17-11-4-2-10(3-5-11)15-13(16)18-12-6-8-14-9-7-12/h2-5,12,14H,6-9H2,1H3,(H,15,16). The van der Waals surface area contributed by atoms with E-state index < -0.39 is 6.09 Å². The second-order valence-electron chi connectivity index (χ2n) is 4.21. The van der Waals surface area contributed by atoms with Crippen LogP contribution in [-0.2, 0) is 4.74 Å². The minimum atomic E-state index is -0.396. The molecule has 1 saturated heterocycles. The van der Waals surface area contributed by atoms with Crippen LogP contribution in [0.1, 0.15) is 12.8 Å². The SMILES string of the molecule is COc1ccc(NC(=O)OC2CCNCC2)cc1. The first-order valence-corrected chi connectivity index (χ1v) is 6.10. The van der Waals surface area contributed by atoms with E-state index in [1.165, 1.54) is 0 Å². The van der Waals surface area contributed by atoms with Crippen LogP contribution >= 0.6 is 0 Å². The lowest BCUT2D eigenvalue weighted by Gasteiger charge is -2.22. The molecule has 1 aromatic carbocycles. The third-order valence-electron chi connectivity index (χ3n) is 2.90. The van der Waals surface area contributed by atoms with Gasteiger partial charge in [-0.15, -0.1) is 0 Å². The van der Waals surface area contributed by atoms with Gasteiger partial charge in [0.25, 0.3) is 0 Å². The third-order valence-corrected chi connectivity index (χ3v) is 2.90. The average Bonchev–Trinajstić information content (AvgIpc) is 2.40. The van der Waals surface area contributed by atoms with Crippen LogP contribution < -0.4 is 15.4 Å². The number of carbonyl (C=O) groups excluding carboxylic acids is 1. The lowest BCUT2D eigenvalue weighted by molar-refractivity contribution is 0.0909. The number of rotatable bonds is 3. The molecule has 1 aliphatic rings. The minimum Gasteiger partial charge on any atom is -0.497 e. The first-order chi connectivity index (χ1) is 8.78. The Hall–Kier alpha value is -1.75. The molecule has 0 aliphatic carbocycles. The Morgan fingerprint density at radius 1 is 1.28 bits per heavy atom. The molecular formula is C13H18N2O3. The fraction of sp³-hybridized carbons (Fsp3) is 0.462. The molecule has 18 heavy (non-hydrogen) atoms. The topological polar surface area (TPSA) is 59.6 Å². The van der Waals surface area contributed by atoms with Crippen LogP contribution in [-0.4, -0.2) is 32.4 Å². The molecule has 5 heteroatoms. The van der Waals surface area contributed by atoms with Gasteiger partial charge in [-0.1, -0.05) is 0 Å². The predicted octanol–water partition coefficient (Wildman–Crippen LogP) is 2.00. The van der Waals surface area contributed by atoms with Crippen LogP contribution in [0.2, 0.25) is 0 Å². The van der Waals surface area contributed by atoms with Crippen LogP contribution in [0, 0.1) is 0 Å². The van der Waals surface area contributed by atoms with Crippen molar-refractivity contribution < 1.29 is 14.3 Å². The van der Waals surface area contributed by atoms with Gasteiger partial charge < -0.3 is 14.8 Å². The fourth-order valence-electron chi connectivity index (χ4n) is 1.89. The van der Waals surface area contributed by atoms with Gasteiger partial charge in [0.1, 0.15) is 11.9 Å². The fourth-order valence-corrected chi connectivity index (χ4v) is 1.89. The molecule has 0 bridgehead atoms. The van der Waals surface area contributed by atoms with Gasteiger partial charge in [0, 0.05) is 5.69 Å². The van der Waals surface area contributed by atoms with Crippen molar-refractivity contribution in [3.8, 4) is 5.75 Å². The highest BCUT2D eigenvalue weighted by molar-refractivity contribution is 5.84. The molecule has 1 heterocycles. The zero-order valence-electron chi connectivity index (χ0n) is 10.4. The lowest BCUT2D eigenvalue weighted by Crippen LogP contribution is -2.34. The number of anilines is 1. The van der Waals surface area contributed by atoms with Crippen LogP contribution in [0.3, 0.4) is 0 Å².